The number of nitrogens with one attached hydrogen (secondary N) is 1. The molecule has 0 aromatic heterocycles. The third-order valence-electron chi connectivity index (χ3n) is 1.63. The molecule has 70 valence electrons. The van der Waals surface area contributed by atoms with Crippen LogP contribution in [0.5, 0.6) is 11.5 Å². The predicted octanol–water partition coefficient (Wildman–Crippen LogP) is 2.32. The van der Waals surface area contributed by atoms with Crippen LogP contribution in [0.25, 0.3) is 0 Å². The number of nitrogens with zero attached hydrogens (tertiary/aromatic N) is 1. The molecule has 0 radical (unpaired) electrons. The molecule has 2 N–H and O–H groups in total. The number of phenols is 1. The van der Waals surface area contributed by atoms with Crippen molar-refractivity contribution in [1.82, 2.24) is 0 Å². The summed E-state index contributed by atoms with van der Waals surface area (Å²) in [6.07, 6.45) is 0. The molecule has 0 unspecified atom stereocenters. The summed E-state index contributed by atoms with van der Waals surface area (Å²) in [7, 11) is 0. The van der Waals surface area contributed by atoms with Crippen LogP contribution in [0.2, 0.25) is 0 Å². The Balaban J connectivity index is 2.95. The lowest BCUT2D eigenvalue weighted by molar-refractivity contribution is 0.316. The van der Waals surface area contributed by atoms with E-state index in [0.717, 1.165) is 0 Å². The molecule has 0 aliphatic heterocycles. The number of hydrogen-bond acceptors (Lipinski definition) is 4. The van der Waals surface area contributed by atoms with Crippen molar-refractivity contribution in [2.45, 2.75) is 13.5 Å². The Morgan fingerprint density at radius 1 is 1.54 bits per heavy atom. The van der Waals surface area contributed by atoms with Crippen LogP contribution in [-0.4, -0.2) is 11.7 Å². The molecule has 0 heterocycles. The second-order valence-electron chi connectivity index (χ2n) is 2.51. The maximum atomic E-state index is 9.58. The van der Waals surface area contributed by atoms with E-state index in [4.69, 9.17) is 10.3 Å². The van der Waals surface area contributed by atoms with Crippen LogP contribution in [0.15, 0.2) is 23.3 Å². The van der Waals surface area contributed by atoms with Crippen molar-refractivity contribution < 1.29 is 9.84 Å². The van der Waals surface area contributed by atoms with Gasteiger partial charge in [-0.25, -0.2) is 5.53 Å². The van der Waals surface area contributed by atoms with Gasteiger partial charge in [0.25, 0.3) is 0 Å². The van der Waals surface area contributed by atoms with E-state index in [2.05, 4.69) is 5.11 Å². The lowest BCUT2D eigenvalue weighted by Gasteiger charge is -2.07. The van der Waals surface area contributed by atoms with Gasteiger partial charge < -0.3 is 9.84 Å². The quantitative estimate of drug-likeness (QED) is 0.698. The van der Waals surface area contributed by atoms with Gasteiger partial charge in [0.2, 0.25) is 0 Å². The van der Waals surface area contributed by atoms with Gasteiger partial charge in [0.05, 0.1) is 13.2 Å². The van der Waals surface area contributed by atoms with Gasteiger partial charge in [0.15, 0.2) is 11.5 Å². The van der Waals surface area contributed by atoms with Gasteiger partial charge in [-0.15, -0.1) is 0 Å². The number of ether oxygens (including phenoxy) is 1. The monoisotopic (exact) mass is 180 g/mol. The average molecular weight is 180 g/mol. The fourth-order valence-corrected chi connectivity index (χ4v) is 1.05. The summed E-state index contributed by atoms with van der Waals surface area (Å²) in [5.41, 5.74) is 7.29. The van der Waals surface area contributed by atoms with Gasteiger partial charge in [-0.3, -0.25) is 0 Å². The van der Waals surface area contributed by atoms with Crippen molar-refractivity contribution in [3.63, 3.8) is 0 Å². The number of benzene rings is 1. The topological polar surface area (TPSA) is 65.7 Å². The molecule has 0 aliphatic carbocycles. The summed E-state index contributed by atoms with van der Waals surface area (Å²) in [6, 6.07) is 5.17. The first-order valence-electron chi connectivity index (χ1n) is 4.06. The van der Waals surface area contributed by atoms with E-state index < -0.39 is 0 Å². The van der Waals surface area contributed by atoms with Crippen molar-refractivity contribution in [1.29, 1.82) is 5.53 Å². The normalized spacial score (nSPS) is 9.62. The van der Waals surface area contributed by atoms with E-state index in [1.807, 2.05) is 6.92 Å². The molecule has 13 heavy (non-hydrogen) atoms. The van der Waals surface area contributed by atoms with Crippen LogP contribution in [0.3, 0.4) is 0 Å². The highest BCUT2D eigenvalue weighted by molar-refractivity contribution is 5.45. The Bertz CT molecular complexity index is 300. The fourth-order valence-electron chi connectivity index (χ4n) is 1.05. The lowest BCUT2D eigenvalue weighted by Crippen LogP contribution is -1.93. The molecule has 1 rings (SSSR count). The van der Waals surface area contributed by atoms with Gasteiger partial charge >= 0.3 is 0 Å². The average Bonchev–Trinajstić information content (AvgIpc) is 2.13. The van der Waals surface area contributed by atoms with Crippen molar-refractivity contribution in [3.05, 3.63) is 23.8 Å². The summed E-state index contributed by atoms with van der Waals surface area (Å²) < 4.78 is 5.17. The number of rotatable bonds is 4. The van der Waals surface area contributed by atoms with E-state index in [1.165, 1.54) is 0 Å². The second kappa shape index (κ2) is 4.45. The van der Waals surface area contributed by atoms with E-state index in [-0.39, 0.29) is 12.3 Å². The summed E-state index contributed by atoms with van der Waals surface area (Å²) in [6.45, 7) is 2.54. The van der Waals surface area contributed by atoms with E-state index in [1.54, 1.807) is 18.2 Å². The Labute approximate surface area is 76.7 Å². The highest BCUT2D eigenvalue weighted by Gasteiger charge is 2.06. The molecule has 0 spiro atoms. The van der Waals surface area contributed by atoms with E-state index in [0.29, 0.717) is 17.9 Å². The van der Waals surface area contributed by atoms with Gasteiger partial charge in [0, 0.05) is 5.56 Å². The standard InChI is InChI=1S/C9H12N2O2/c1-2-13-8-5-3-4-7(6-11-10)9(8)12/h3-5,10,12H,2,6H2,1H3. The van der Waals surface area contributed by atoms with Crippen LogP contribution in [0, 0.1) is 5.53 Å². The van der Waals surface area contributed by atoms with Gasteiger partial charge in [0.1, 0.15) is 0 Å². The van der Waals surface area contributed by atoms with E-state index in [9.17, 15) is 5.11 Å². The molecule has 1 aromatic rings. The minimum Gasteiger partial charge on any atom is -0.504 e. The van der Waals surface area contributed by atoms with Crippen molar-refractivity contribution >= 4 is 0 Å². The summed E-state index contributed by atoms with van der Waals surface area (Å²) in [5.74, 6) is 0.531. The largest absolute Gasteiger partial charge is 0.504 e. The molecule has 0 saturated heterocycles. The van der Waals surface area contributed by atoms with E-state index >= 15 is 0 Å². The first kappa shape index (κ1) is 9.51. The van der Waals surface area contributed by atoms with Gasteiger partial charge in [-0.05, 0) is 13.0 Å². The first-order chi connectivity index (χ1) is 6.29. The molecular formula is C9H12N2O2. The number of para-hydroxylation sites is 1. The zero-order chi connectivity index (χ0) is 9.68. The Hall–Kier alpha value is -1.58. The Morgan fingerprint density at radius 2 is 2.31 bits per heavy atom. The van der Waals surface area contributed by atoms with Crippen molar-refractivity contribution in [2.24, 2.45) is 5.11 Å². The van der Waals surface area contributed by atoms with Gasteiger partial charge in [-0.1, -0.05) is 12.1 Å². The highest BCUT2D eigenvalue weighted by atomic mass is 16.5. The minimum absolute atomic E-state index is 0.0837. The molecule has 0 atom stereocenters. The maximum Gasteiger partial charge on any atom is 0.162 e. The lowest BCUT2D eigenvalue weighted by atomic mass is 10.2. The molecular weight excluding hydrogens is 168 g/mol. The maximum absolute atomic E-state index is 9.58. The van der Waals surface area contributed by atoms with Crippen molar-refractivity contribution in [2.75, 3.05) is 6.61 Å². The number of hydrogen-bond donors (Lipinski definition) is 2. The molecule has 0 aliphatic rings. The third-order valence-corrected chi connectivity index (χ3v) is 1.63. The fraction of sp³-hybridized carbons (Fsp3) is 0.333. The summed E-state index contributed by atoms with van der Waals surface area (Å²) >= 11 is 0. The molecule has 1 aromatic carbocycles. The predicted molar refractivity (Wildman–Crippen MR) is 48.1 cm³/mol. The first-order valence-corrected chi connectivity index (χ1v) is 4.06. The number of phenolic OH excluding ortho intramolecular Hbond substituents is 1. The van der Waals surface area contributed by atoms with Crippen molar-refractivity contribution in [3.8, 4) is 11.5 Å². The zero-order valence-electron chi connectivity index (χ0n) is 7.45. The van der Waals surface area contributed by atoms with Gasteiger partial charge in [-0.2, -0.15) is 5.11 Å². The van der Waals surface area contributed by atoms with Crippen LogP contribution >= 0.6 is 0 Å². The Morgan fingerprint density at radius 3 is 2.92 bits per heavy atom. The van der Waals surface area contributed by atoms with Crippen LogP contribution in [0.1, 0.15) is 12.5 Å². The SMILES string of the molecule is CCOc1cccc(CN=N)c1O. The molecule has 4 nitrogen and oxygen atoms in total. The Kier molecular flexibility index (Phi) is 3.25. The second-order valence-corrected chi connectivity index (χ2v) is 2.51. The molecule has 0 saturated carbocycles. The highest BCUT2D eigenvalue weighted by Crippen LogP contribution is 2.29. The van der Waals surface area contributed by atoms with Crippen LogP contribution in [0.4, 0.5) is 0 Å². The third kappa shape index (κ3) is 2.18. The zero-order valence-corrected chi connectivity index (χ0v) is 7.45. The number of aromatic hydroxyl groups is 1. The smallest absolute Gasteiger partial charge is 0.162 e. The minimum atomic E-state index is 0.0837. The molecule has 0 fully saturated rings. The summed E-state index contributed by atoms with van der Waals surface area (Å²) in [4.78, 5) is 0. The summed E-state index contributed by atoms with van der Waals surface area (Å²) in [5, 5.41) is 12.8. The molecule has 4 heteroatoms. The molecule has 0 amide bonds. The van der Waals surface area contributed by atoms with Crippen LogP contribution < -0.4 is 4.74 Å². The van der Waals surface area contributed by atoms with Crippen LogP contribution in [-0.2, 0) is 6.54 Å². The molecule has 0 bridgehead atoms.